The molecule has 2 N–H and O–H groups in total. The summed E-state index contributed by atoms with van der Waals surface area (Å²) in [4.78, 5) is 10.5. The highest BCUT2D eigenvalue weighted by Gasteiger charge is 1.93. The van der Waals surface area contributed by atoms with Crippen molar-refractivity contribution >= 4 is 5.97 Å². The van der Waals surface area contributed by atoms with Crippen molar-refractivity contribution in [2.75, 3.05) is 19.8 Å². The number of carbonyl (C=O) groups is 1. The van der Waals surface area contributed by atoms with E-state index in [4.69, 9.17) is 14.9 Å². The van der Waals surface area contributed by atoms with E-state index in [0.717, 1.165) is 12.8 Å². The van der Waals surface area contributed by atoms with Crippen LogP contribution in [-0.4, -0.2) is 36.0 Å². The predicted molar refractivity (Wildman–Crippen MR) is 59.5 cm³/mol. The van der Waals surface area contributed by atoms with E-state index >= 15 is 0 Å². The first-order valence-corrected chi connectivity index (χ1v) is 5.23. The van der Waals surface area contributed by atoms with Crippen LogP contribution in [-0.2, 0) is 9.53 Å². The van der Waals surface area contributed by atoms with E-state index in [1.807, 2.05) is 0 Å². The van der Waals surface area contributed by atoms with E-state index in [1.165, 1.54) is 18.9 Å². The molecule has 0 aromatic rings. The third kappa shape index (κ3) is 19.5. The highest BCUT2D eigenvalue weighted by molar-refractivity contribution is 5.81. The Hall–Kier alpha value is -0.870. The summed E-state index contributed by atoms with van der Waals surface area (Å²) in [6.45, 7) is 5.73. The maximum atomic E-state index is 10.5. The summed E-state index contributed by atoms with van der Waals surface area (Å²) in [5, 5.41) is 15.2. The van der Waals surface area contributed by atoms with Gasteiger partial charge in [-0.15, -0.1) is 0 Å². The van der Waals surface area contributed by atoms with Crippen LogP contribution in [0.1, 0.15) is 32.6 Å². The van der Waals surface area contributed by atoms with Gasteiger partial charge in [-0.2, -0.15) is 0 Å². The van der Waals surface area contributed by atoms with Gasteiger partial charge < -0.3 is 14.9 Å². The van der Waals surface area contributed by atoms with Gasteiger partial charge in [0.1, 0.15) is 0 Å². The number of hydrogen-bond acceptors (Lipinski definition) is 4. The standard InChI is InChI=1S/C9H16O2.C2H6O2/c1-3-5-6-7-8-11-9(10)4-2;3-1-2-4/h4H,2-3,5-8H2,1H3;3-4H,1-2H2. The molecule has 90 valence electrons. The molecule has 4 nitrogen and oxygen atoms in total. The Balaban J connectivity index is 0. The summed E-state index contributed by atoms with van der Waals surface area (Å²) < 4.78 is 4.78. The van der Waals surface area contributed by atoms with Gasteiger partial charge in [-0.1, -0.05) is 32.8 Å². The zero-order chi connectivity index (χ0) is 11.9. The Morgan fingerprint density at radius 2 is 1.87 bits per heavy atom. The van der Waals surface area contributed by atoms with Crippen molar-refractivity contribution in [2.45, 2.75) is 32.6 Å². The fourth-order valence-electron chi connectivity index (χ4n) is 0.761. The van der Waals surface area contributed by atoms with Crippen LogP contribution in [0.15, 0.2) is 12.7 Å². The molecule has 0 saturated heterocycles. The van der Waals surface area contributed by atoms with E-state index in [0.29, 0.717) is 6.61 Å². The first kappa shape index (κ1) is 16.6. The summed E-state index contributed by atoms with van der Waals surface area (Å²) >= 11 is 0. The van der Waals surface area contributed by atoms with Gasteiger partial charge >= 0.3 is 5.97 Å². The lowest BCUT2D eigenvalue weighted by Gasteiger charge is -1.99. The number of rotatable bonds is 7. The predicted octanol–water partition coefficient (Wildman–Crippen LogP) is 1.27. The molecule has 15 heavy (non-hydrogen) atoms. The van der Waals surface area contributed by atoms with Crippen LogP contribution < -0.4 is 0 Å². The van der Waals surface area contributed by atoms with Crippen molar-refractivity contribution in [3.8, 4) is 0 Å². The smallest absolute Gasteiger partial charge is 0.330 e. The number of hydrogen-bond donors (Lipinski definition) is 2. The summed E-state index contributed by atoms with van der Waals surface area (Å²) in [6, 6.07) is 0. The van der Waals surface area contributed by atoms with Gasteiger partial charge in [0, 0.05) is 6.08 Å². The van der Waals surface area contributed by atoms with Crippen LogP contribution in [0.2, 0.25) is 0 Å². The molecule has 4 heteroatoms. The van der Waals surface area contributed by atoms with Crippen molar-refractivity contribution in [3.05, 3.63) is 12.7 Å². The SMILES string of the molecule is C=CC(=O)OCCCCCC.OCCO. The molecular weight excluding hydrogens is 196 g/mol. The van der Waals surface area contributed by atoms with E-state index in [9.17, 15) is 4.79 Å². The van der Waals surface area contributed by atoms with E-state index in [-0.39, 0.29) is 19.2 Å². The zero-order valence-corrected chi connectivity index (χ0v) is 9.45. The monoisotopic (exact) mass is 218 g/mol. The molecule has 0 amide bonds. The maximum Gasteiger partial charge on any atom is 0.330 e. The summed E-state index contributed by atoms with van der Waals surface area (Å²) in [5.41, 5.74) is 0. The molecule has 0 radical (unpaired) electrons. The van der Waals surface area contributed by atoms with E-state index in [2.05, 4.69) is 13.5 Å². The summed E-state index contributed by atoms with van der Waals surface area (Å²) in [6.07, 6.45) is 5.72. The van der Waals surface area contributed by atoms with Crippen LogP contribution in [0.4, 0.5) is 0 Å². The Kier molecular flexibility index (Phi) is 17.2. The van der Waals surface area contributed by atoms with E-state index < -0.39 is 0 Å². The molecule has 0 rings (SSSR count). The second kappa shape index (κ2) is 15.6. The second-order valence-corrected chi connectivity index (χ2v) is 2.88. The van der Waals surface area contributed by atoms with Crippen molar-refractivity contribution in [1.82, 2.24) is 0 Å². The fourth-order valence-corrected chi connectivity index (χ4v) is 0.761. The zero-order valence-electron chi connectivity index (χ0n) is 9.45. The van der Waals surface area contributed by atoms with Gasteiger partial charge in [0.15, 0.2) is 0 Å². The van der Waals surface area contributed by atoms with Gasteiger partial charge in [0.05, 0.1) is 19.8 Å². The van der Waals surface area contributed by atoms with Crippen LogP contribution in [0.25, 0.3) is 0 Å². The molecule has 0 aromatic carbocycles. The molecule has 0 atom stereocenters. The topological polar surface area (TPSA) is 66.8 Å². The average Bonchev–Trinajstić information content (AvgIpc) is 2.28. The lowest BCUT2D eigenvalue weighted by Crippen LogP contribution is -2.01. The van der Waals surface area contributed by atoms with Gasteiger partial charge in [0.25, 0.3) is 0 Å². The number of carbonyl (C=O) groups excluding carboxylic acids is 1. The maximum absolute atomic E-state index is 10.5. The van der Waals surface area contributed by atoms with Crippen LogP contribution >= 0.6 is 0 Å². The Morgan fingerprint density at radius 3 is 2.27 bits per heavy atom. The van der Waals surface area contributed by atoms with Gasteiger partial charge in [-0.05, 0) is 6.42 Å². The molecule has 0 saturated carbocycles. The molecule has 0 fully saturated rings. The molecule has 0 unspecified atom stereocenters. The second-order valence-electron chi connectivity index (χ2n) is 2.88. The molecular formula is C11H22O4. The number of ether oxygens (including phenoxy) is 1. The Morgan fingerprint density at radius 1 is 1.27 bits per heavy atom. The average molecular weight is 218 g/mol. The van der Waals surface area contributed by atoms with Crippen molar-refractivity contribution in [2.24, 2.45) is 0 Å². The molecule has 0 bridgehead atoms. The first-order chi connectivity index (χ1) is 7.22. The number of aliphatic hydroxyl groups is 2. The highest BCUT2D eigenvalue weighted by Crippen LogP contribution is 1.98. The molecule has 0 aliphatic rings. The quantitative estimate of drug-likeness (QED) is 0.383. The minimum absolute atomic E-state index is 0.125. The lowest BCUT2D eigenvalue weighted by atomic mass is 10.2. The first-order valence-electron chi connectivity index (χ1n) is 5.23. The largest absolute Gasteiger partial charge is 0.463 e. The fraction of sp³-hybridized carbons (Fsp3) is 0.727. The van der Waals surface area contributed by atoms with Crippen molar-refractivity contribution in [1.29, 1.82) is 0 Å². The van der Waals surface area contributed by atoms with Crippen LogP contribution in [0.3, 0.4) is 0 Å². The summed E-state index contributed by atoms with van der Waals surface area (Å²) in [7, 11) is 0. The molecule has 0 spiro atoms. The van der Waals surface area contributed by atoms with Crippen LogP contribution in [0.5, 0.6) is 0 Å². The Bertz CT molecular complexity index is 144. The molecule has 0 heterocycles. The summed E-state index contributed by atoms with van der Waals surface area (Å²) in [5.74, 6) is -0.318. The highest BCUT2D eigenvalue weighted by atomic mass is 16.5. The van der Waals surface area contributed by atoms with Crippen molar-refractivity contribution in [3.63, 3.8) is 0 Å². The van der Waals surface area contributed by atoms with Gasteiger partial charge in [-0.25, -0.2) is 4.79 Å². The minimum Gasteiger partial charge on any atom is -0.463 e. The normalized spacial score (nSPS) is 8.73. The van der Waals surface area contributed by atoms with E-state index in [1.54, 1.807) is 0 Å². The lowest BCUT2D eigenvalue weighted by molar-refractivity contribution is -0.137. The Labute approximate surface area is 91.6 Å². The number of esters is 1. The third-order valence-electron chi connectivity index (χ3n) is 1.51. The third-order valence-corrected chi connectivity index (χ3v) is 1.51. The minimum atomic E-state index is -0.318. The molecule has 0 aromatic heterocycles. The molecule has 0 aliphatic heterocycles. The number of unbranched alkanes of at least 4 members (excludes halogenated alkanes) is 3. The van der Waals surface area contributed by atoms with Gasteiger partial charge in [-0.3, -0.25) is 0 Å². The number of aliphatic hydroxyl groups excluding tert-OH is 2. The van der Waals surface area contributed by atoms with Crippen molar-refractivity contribution < 1.29 is 19.7 Å². The van der Waals surface area contributed by atoms with Gasteiger partial charge in [0.2, 0.25) is 0 Å². The van der Waals surface area contributed by atoms with Crippen LogP contribution in [0, 0.1) is 0 Å². The molecule has 0 aliphatic carbocycles.